The van der Waals surface area contributed by atoms with Crippen molar-refractivity contribution in [3.05, 3.63) is 47.1 Å². The topological polar surface area (TPSA) is 66.5 Å². The van der Waals surface area contributed by atoms with Gasteiger partial charge in [-0.2, -0.15) is 4.98 Å². The molecule has 0 bridgehead atoms. The van der Waals surface area contributed by atoms with Crippen molar-refractivity contribution in [2.45, 2.75) is 13.5 Å². The molecule has 0 aliphatic carbocycles. The summed E-state index contributed by atoms with van der Waals surface area (Å²) in [6.07, 6.45) is 3.61. The summed E-state index contributed by atoms with van der Waals surface area (Å²) in [5.74, 6) is 0.708. The van der Waals surface area contributed by atoms with Gasteiger partial charge in [0.15, 0.2) is 0 Å². The molecule has 0 aliphatic heterocycles. The fourth-order valence-corrected chi connectivity index (χ4v) is 2.09. The van der Waals surface area contributed by atoms with E-state index in [0.717, 1.165) is 16.7 Å². The van der Waals surface area contributed by atoms with E-state index in [2.05, 4.69) is 25.3 Å². The summed E-state index contributed by atoms with van der Waals surface area (Å²) in [5, 5.41) is 4.37. The molecule has 0 spiro atoms. The van der Waals surface area contributed by atoms with Crippen LogP contribution in [0.25, 0.3) is 11.0 Å². The minimum absolute atomic E-state index is 0.217. The van der Waals surface area contributed by atoms with Crippen LogP contribution in [0.5, 0.6) is 0 Å². The van der Waals surface area contributed by atoms with Gasteiger partial charge in [0, 0.05) is 12.4 Å². The first-order valence-corrected chi connectivity index (χ1v) is 6.26. The first-order valence-electron chi connectivity index (χ1n) is 5.88. The van der Waals surface area contributed by atoms with E-state index in [-0.39, 0.29) is 5.28 Å². The van der Waals surface area contributed by atoms with E-state index < -0.39 is 0 Å². The number of rotatable bonds is 3. The van der Waals surface area contributed by atoms with E-state index in [0.29, 0.717) is 12.4 Å². The van der Waals surface area contributed by atoms with Gasteiger partial charge >= 0.3 is 0 Å². The van der Waals surface area contributed by atoms with Crippen molar-refractivity contribution in [3.8, 4) is 0 Å². The van der Waals surface area contributed by atoms with Crippen LogP contribution in [0.2, 0.25) is 5.28 Å². The standard InChI is InChI=1S/C13H12ClN5/c1-8-2-4-15-9(6-8)7-17-12-10-3-5-16-11(10)18-13(14)19-12/h2-6H,7H2,1H3,(H2,16,17,18,19). The van der Waals surface area contributed by atoms with Crippen molar-refractivity contribution in [2.24, 2.45) is 0 Å². The third kappa shape index (κ3) is 2.51. The molecule has 0 saturated carbocycles. The van der Waals surface area contributed by atoms with Crippen LogP contribution >= 0.6 is 11.6 Å². The van der Waals surface area contributed by atoms with Gasteiger partial charge in [-0.3, -0.25) is 4.98 Å². The maximum atomic E-state index is 5.89. The number of hydrogen-bond acceptors (Lipinski definition) is 4. The van der Waals surface area contributed by atoms with Crippen molar-refractivity contribution in [2.75, 3.05) is 5.32 Å². The number of anilines is 1. The molecule has 0 amide bonds. The Labute approximate surface area is 115 Å². The Balaban J connectivity index is 1.87. The van der Waals surface area contributed by atoms with Crippen LogP contribution < -0.4 is 5.32 Å². The second kappa shape index (κ2) is 4.85. The summed E-state index contributed by atoms with van der Waals surface area (Å²) in [6, 6.07) is 5.91. The average molecular weight is 274 g/mol. The van der Waals surface area contributed by atoms with Crippen LogP contribution in [0.3, 0.4) is 0 Å². The largest absolute Gasteiger partial charge is 0.364 e. The predicted octanol–water partition coefficient (Wildman–Crippen LogP) is 2.93. The third-order valence-corrected chi connectivity index (χ3v) is 2.97. The molecule has 0 saturated heterocycles. The van der Waals surface area contributed by atoms with Crippen molar-refractivity contribution in [1.29, 1.82) is 0 Å². The van der Waals surface area contributed by atoms with Crippen LogP contribution in [0.4, 0.5) is 5.82 Å². The van der Waals surface area contributed by atoms with Gasteiger partial charge in [-0.05, 0) is 42.3 Å². The molecular formula is C13H12ClN5. The van der Waals surface area contributed by atoms with E-state index >= 15 is 0 Å². The maximum Gasteiger partial charge on any atom is 0.226 e. The number of aryl methyl sites for hydroxylation is 1. The molecular weight excluding hydrogens is 262 g/mol. The monoisotopic (exact) mass is 273 g/mol. The molecule has 3 aromatic heterocycles. The molecule has 0 aromatic carbocycles. The summed E-state index contributed by atoms with van der Waals surface area (Å²) in [4.78, 5) is 15.6. The average Bonchev–Trinajstić information content (AvgIpc) is 2.84. The summed E-state index contributed by atoms with van der Waals surface area (Å²) >= 11 is 5.89. The Kier molecular flexibility index (Phi) is 3.05. The van der Waals surface area contributed by atoms with Gasteiger partial charge in [-0.15, -0.1) is 0 Å². The number of halogens is 1. The molecule has 3 heterocycles. The molecule has 19 heavy (non-hydrogen) atoms. The molecule has 2 N–H and O–H groups in total. The van der Waals surface area contributed by atoms with Gasteiger partial charge < -0.3 is 10.3 Å². The fourth-order valence-electron chi connectivity index (χ4n) is 1.92. The second-order valence-corrected chi connectivity index (χ2v) is 4.60. The van der Waals surface area contributed by atoms with Crippen molar-refractivity contribution in [1.82, 2.24) is 19.9 Å². The van der Waals surface area contributed by atoms with Crippen molar-refractivity contribution < 1.29 is 0 Å². The zero-order valence-electron chi connectivity index (χ0n) is 10.3. The van der Waals surface area contributed by atoms with Crippen molar-refractivity contribution >= 4 is 28.5 Å². The van der Waals surface area contributed by atoms with E-state index in [1.165, 1.54) is 5.56 Å². The Morgan fingerprint density at radius 1 is 1.32 bits per heavy atom. The van der Waals surface area contributed by atoms with Gasteiger partial charge in [0.2, 0.25) is 5.28 Å². The van der Waals surface area contributed by atoms with Gasteiger partial charge in [-0.25, -0.2) is 4.98 Å². The number of aromatic nitrogens is 4. The molecule has 0 aliphatic rings. The number of hydrogen-bond donors (Lipinski definition) is 2. The molecule has 0 unspecified atom stereocenters. The van der Waals surface area contributed by atoms with Crippen LogP contribution in [0, 0.1) is 6.92 Å². The Hall–Kier alpha value is -2.14. The van der Waals surface area contributed by atoms with Crippen molar-refractivity contribution in [3.63, 3.8) is 0 Å². The minimum atomic E-state index is 0.217. The maximum absolute atomic E-state index is 5.89. The normalized spacial score (nSPS) is 10.8. The van der Waals surface area contributed by atoms with Crippen LogP contribution in [-0.2, 0) is 6.54 Å². The lowest BCUT2D eigenvalue weighted by atomic mass is 10.2. The summed E-state index contributed by atoms with van der Waals surface area (Å²) in [7, 11) is 0. The third-order valence-electron chi connectivity index (χ3n) is 2.80. The SMILES string of the molecule is Cc1ccnc(CNc2nc(Cl)nc3[nH]ccc23)c1. The summed E-state index contributed by atoms with van der Waals surface area (Å²) in [5.41, 5.74) is 2.86. The highest BCUT2D eigenvalue weighted by molar-refractivity contribution is 6.28. The molecule has 3 aromatic rings. The lowest BCUT2D eigenvalue weighted by molar-refractivity contribution is 1.02. The Morgan fingerprint density at radius 2 is 2.21 bits per heavy atom. The molecule has 0 radical (unpaired) electrons. The first-order chi connectivity index (χ1) is 9.22. The number of pyridine rings is 1. The predicted molar refractivity (Wildman–Crippen MR) is 75.2 cm³/mol. The molecule has 6 heteroatoms. The lowest BCUT2D eigenvalue weighted by Crippen LogP contribution is -2.04. The Bertz CT molecular complexity index is 722. The lowest BCUT2D eigenvalue weighted by Gasteiger charge is -2.07. The molecule has 0 fully saturated rings. The highest BCUT2D eigenvalue weighted by Gasteiger charge is 2.07. The van der Waals surface area contributed by atoms with Gasteiger partial charge in [0.05, 0.1) is 17.6 Å². The van der Waals surface area contributed by atoms with Crippen LogP contribution in [0.1, 0.15) is 11.3 Å². The zero-order chi connectivity index (χ0) is 13.2. The molecule has 3 rings (SSSR count). The van der Waals surface area contributed by atoms with E-state index in [1.807, 2.05) is 31.3 Å². The van der Waals surface area contributed by atoms with Crippen LogP contribution in [-0.4, -0.2) is 19.9 Å². The minimum Gasteiger partial charge on any atom is -0.364 e. The first kappa shape index (κ1) is 11.9. The number of nitrogens with zero attached hydrogens (tertiary/aromatic N) is 3. The smallest absolute Gasteiger partial charge is 0.226 e. The molecule has 96 valence electrons. The number of aromatic amines is 1. The highest BCUT2D eigenvalue weighted by atomic mass is 35.5. The van der Waals surface area contributed by atoms with Gasteiger partial charge in [-0.1, -0.05) is 0 Å². The molecule has 0 atom stereocenters. The molecule has 5 nitrogen and oxygen atoms in total. The number of fused-ring (bicyclic) bond motifs is 1. The fraction of sp³-hybridized carbons (Fsp3) is 0.154. The Morgan fingerprint density at radius 3 is 3.05 bits per heavy atom. The zero-order valence-corrected chi connectivity index (χ0v) is 11.1. The van der Waals surface area contributed by atoms with E-state index in [9.17, 15) is 0 Å². The highest BCUT2D eigenvalue weighted by Crippen LogP contribution is 2.21. The summed E-state index contributed by atoms with van der Waals surface area (Å²) in [6.45, 7) is 2.63. The number of H-pyrrole nitrogens is 1. The van der Waals surface area contributed by atoms with Gasteiger partial charge in [0.25, 0.3) is 0 Å². The van der Waals surface area contributed by atoms with E-state index in [4.69, 9.17) is 11.6 Å². The number of nitrogens with one attached hydrogen (secondary N) is 2. The van der Waals surface area contributed by atoms with Crippen LogP contribution in [0.15, 0.2) is 30.6 Å². The van der Waals surface area contributed by atoms with E-state index in [1.54, 1.807) is 6.20 Å². The summed E-state index contributed by atoms with van der Waals surface area (Å²) < 4.78 is 0. The quantitative estimate of drug-likeness (QED) is 0.720. The second-order valence-electron chi connectivity index (χ2n) is 4.26. The van der Waals surface area contributed by atoms with Gasteiger partial charge in [0.1, 0.15) is 11.5 Å².